The van der Waals surface area contributed by atoms with Crippen molar-refractivity contribution in [1.29, 1.82) is 0 Å². The average Bonchev–Trinajstić information content (AvgIpc) is 1.61. The Morgan fingerprint density at radius 3 is 1.07 bits per heavy atom. The number of phenols is 1. The van der Waals surface area contributed by atoms with E-state index in [2.05, 4.69) is 21.9 Å². The SMILES string of the molecule is C.C.CC1(C)OC[C@H](CCOc2ccc([C@H]3c4[nH]c5ccc(Cl)cc5c4CCN3C(=O)Oc3ccc(Cl)cc3)cc2)O1.CCC[C@H]1COC(C)(C)O1.O=C(Oc1ccc(Cl)cc1)N1CCc2c([nH]c3ccc(Cl)cc23)[C@@H]1c1ccc(O)cc1.O=C(Oc1ccc(Cl)cc1)N1CCc2c([nH]c3ccc(Cl)cc23)[C@@H]1c1ccc(OCC[C@H](O)CO)cc1.[HH]. The summed E-state index contributed by atoms with van der Waals surface area (Å²) in [5, 5.41) is 35.1. The Morgan fingerprint density at radius 1 is 0.450 bits per heavy atom. The summed E-state index contributed by atoms with van der Waals surface area (Å²) in [6.07, 6.45) is 3.52. The topological polar surface area (TPSA) is 252 Å². The Balaban J connectivity index is 0.000000166. The van der Waals surface area contributed by atoms with Gasteiger partial charge in [-0.15, -0.1) is 0 Å². The molecule has 21 nitrogen and oxygen atoms in total. The molecular formula is C93H100Cl6N6O15. The number of fused-ring (bicyclic) bond motifs is 9. The number of aliphatic hydroxyl groups excluding tert-OH is 2. The molecule has 3 aromatic heterocycles. The highest BCUT2D eigenvalue weighted by Crippen LogP contribution is 2.45. The summed E-state index contributed by atoms with van der Waals surface area (Å²) >= 11 is 36.8. The van der Waals surface area contributed by atoms with E-state index in [0.29, 0.717) is 118 Å². The first-order valence-corrected chi connectivity index (χ1v) is 41.4. The van der Waals surface area contributed by atoms with Crippen LogP contribution in [0.4, 0.5) is 14.4 Å². The fourth-order valence-corrected chi connectivity index (χ4v) is 16.3. The first kappa shape index (κ1) is 89.6. The van der Waals surface area contributed by atoms with Gasteiger partial charge in [0.15, 0.2) is 11.6 Å². The summed E-state index contributed by atoms with van der Waals surface area (Å²) < 4.78 is 51.2. The van der Waals surface area contributed by atoms with Crippen molar-refractivity contribution in [3.8, 4) is 34.5 Å². The maximum atomic E-state index is 13.5. The molecule has 0 bridgehead atoms. The largest absolute Gasteiger partial charge is 0.508 e. The van der Waals surface area contributed by atoms with Crippen LogP contribution in [-0.2, 0) is 38.2 Å². The molecule has 5 aliphatic heterocycles. The van der Waals surface area contributed by atoms with E-state index in [9.17, 15) is 24.6 Å². The van der Waals surface area contributed by atoms with Gasteiger partial charge < -0.3 is 72.9 Å². The second-order valence-electron chi connectivity index (χ2n) is 30.2. The number of carbonyl (C=O) groups is 3. The molecule has 12 aromatic rings. The number of hydrogen-bond donors (Lipinski definition) is 6. The van der Waals surface area contributed by atoms with E-state index in [1.165, 1.54) is 6.42 Å². The zero-order valence-electron chi connectivity index (χ0n) is 65.5. The molecule has 0 spiro atoms. The lowest BCUT2D eigenvalue weighted by molar-refractivity contribution is -0.139. The zero-order chi connectivity index (χ0) is 82.9. The predicted molar refractivity (Wildman–Crippen MR) is 474 cm³/mol. The molecule has 0 radical (unpaired) electrons. The molecule has 0 unspecified atom stereocenters. The Hall–Kier alpha value is -9.69. The number of H-pyrrole nitrogens is 3. The number of nitrogens with one attached hydrogen (secondary N) is 3. The number of ether oxygens (including phenoxy) is 9. The third kappa shape index (κ3) is 21.8. The number of aromatic hydroxyl groups is 1. The summed E-state index contributed by atoms with van der Waals surface area (Å²) in [4.78, 5) is 55.7. The van der Waals surface area contributed by atoms with Crippen LogP contribution in [-0.4, -0.2) is 146 Å². The Labute approximate surface area is 729 Å². The van der Waals surface area contributed by atoms with E-state index in [1.807, 2.05) is 143 Å². The van der Waals surface area contributed by atoms with Crippen LogP contribution in [0.5, 0.6) is 34.5 Å². The predicted octanol–water partition coefficient (Wildman–Crippen LogP) is 23.1. The maximum absolute atomic E-state index is 13.5. The van der Waals surface area contributed by atoms with E-state index < -0.39 is 42.3 Å². The highest BCUT2D eigenvalue weighted by atomic mass is 35.5. The van der Waals surface area contributed by atoms with Crippen molar-refractivity contribution < 1.29 is 73.8 Å². The molecule has 2 fully saturated rings. The van der Waals surface area contributed by atoms with E-state index in [0.717, 1.165) is 108 Å². The summed E-state index contributed by atoms with van der Waals surface area (Å²) in [6.45, 7) is 13.2. The van der Waals surface area contributed by atoms with Gasteiger partial charge in [0.1, 0.15) is 52.6 Å². The third-order valence-electron chi connectivity index (χ3n) is 21.0. The smallest absolute Gasteiger partial charge is 0.416 e. The molecule has 2 saturated heterocycles. The van der Waals surface area contributed by atoms with Gasteiger partial charge in [0.05, 0.1) is 51.3 Å². The lowest BCUT2D eigenvalue weighted by atomic mass is 9.92. The van der Waals surface area contributed by atoms with Gasteiger partial charge >= 0.3 is 18.3 Å². The van der Waals surface area contributed by atoms with E-state index in [1.54, 1.807) is 99.6 Å². The molecule has 8 heterocycles. The first-order chi connectivity index (χ1) is 56.8. The fourth-order valence-electron chi connectivity index (χ4n) is 15.4. The van der Waals surface area contributed by atoms with Gasteiger partial charge in [-0.1, -0.05) is 134 Å². The van der Waals surface area contributed by atoms with Crippen LogP contribution in [0.15, 0.2) is 200 Å². The minimum atomic E-state index is -0.810. The van der Waals surface area contributed by atoms with Crippen LogP contribution in [0.25, 0.3) is 32.7 Å². The minimum absolute atomic E-state index is 0. The highest BCUT2D eigenvalue weighted by molar-refractivity contribution is 6.32. The van der Waals surface area contributed by atoms with Crippen LogP contribution in [0.2, 0.25) is 30.1 Å². The van der Waals surface area contributed by atoms with Gasteiger partial charge in [0.25, 0.3) is 0 Å². The van der Waals surface area contributed by atoms with Crippen LogP contribution >= 0.6 is 69.6 Å². The number of nitrogens with zero attached hydrogens (tertiary/aromatic N) is 3. The van der Waals surface area contributed by atoms with Crippen molar-refractivity contribution >= 4 is 121 Å². The zero-order valence-corrected chi connectivity index (χ0v) is 70.0. The van der Waals surface area contributed by atoms with E-state index in [-0.39, 0.29) is 53.2 Å². The van der Waals surface area contributed by atoms with E-state index >= 15 is 0 Å². The number of aliphatic hydroxyl groups is 2. The van der Waals surface area contributed by atoms with Gasteiger partial charge in [0.2, 0.25) is 0 Å². The second-order valence-corrected chi connectivity index (χ2v) is 32.8. The Bertz CT molecular complexity index is 5490. The number of carbonyl (C=O) groups excluding carboxylic acids is 3. The monoisotopic (exact) mass is 1750 g/mol. The van der Waals surface area contributed by atoms with Crippen molar-refractivity contribution in [3.63, 3.8) is 0 Å². The second kappa shape index (κ2) is 39.9. The summed E-state index contributed by atoms with van der Waals surface area (Å²) in [7, 11) is 0. The molecule has 0 aliphatic carbocycles. The lowest BCUT2D eigenvalue weighted by Crippen LogP contribution is -2.42. The quantitative estimate of drug-likeness (QED) is 0.0496. The molecule has 6 N–H and O–H groups in total. The van der Waals surface area contributed by atoms with Gasteiger partial charge in [-0.3, -0.25) is 14.7 Å². The van der Waals surface area contributed by atoms with Crippen LogP contribution in [0.1, 0.15) is 145 Å². The number of hydrogen-bond acceptors (Lipinski definition) is 15. The van der Waals surface area contributed by atoms with Gasteiger partial charge in [0, 0.05) is 114 Å². The molecule has 17 rings (SSSR count). The molecular weight excluding hydrogens is 1650 g/mol. The lowest BCUT2D eigenvalue weighted by Gasteiger charge is -2.35. The van der Waals surface area contributed by atoms with E-state index in [4.69, 9.17) is 117 Å². The molecule has 3 amide bonds. The summed E-state index contributed by atoms with van der Waals surface area (Å²) in [6, 6.07) is 58.4. The Kier molecular flexibility index (Phi) is 29.8. The third-order valence-corrected chi connectivity index (χ3v) is 22.5. The van der Waals surface area contributed by atoms with Gasteiger partial charge in [-0.25, -0.2) is 14.4 Å². The van der Waals surface area contributed by atoms with Crippen molar-refractivity contribution in [1.82, 2.24) is 29.7 Å². The summed E-state index contributed by atoms with van der Waals surface area (Å²) in [5.41, 5.74) is 11.8. The normalized spacial score (nSPS) is 18.2. The maximum Gasteiger partial charge on any atom is 0.416 e. The molecule has 6 atom stereocenters. The molecule has 5 aliphatic rings. The van der Waals surface area contributed by atoms with Crippen LogP contribution in [0, 0.1) is 0 Å². The number of aromatic amines is 3. The van der Waals surface area contributed by atoms with Gasteiger partial charge in [-0.05, 0) is 251 Å². The van der Waals surface area contributed by atoms with Crippen molar-refractivity contribution in [2.45, 2.75) is 142 Å². The average molecular weight is 1750 g/mol. The minimum Gasteiger partial charge on any atom is -0.508 e. The molecule has 0 saturated carbocycles. The highest BCUT2D eigenvalue weighted by Gasteiger charge is 2.40. The fraction of sp³-hybridized carbons (Fsp3) is 0.323. The van der Waals surface area contributed by atoms with Crippen molar-refractivity contribution in [2.24, 2.45) is 0 Å². The number of aromatic nitrogens is 3. The standard InChI is InChI=1S/C31H30Cl2N2O5.C28H26Cl2N2O5.C24H18Cl2N2O3.C8H16O2.2CH4.H2/c1-31(2)38-18-24(40-31)14-16-37-22-8-3-19(4-9-22)29-28-25(26-17-21(33)7-12-27(26)34-28)13-15-35(29)30(36)39-23-10-5-20(32)6-11-23;29-18-3-8-22(9-4-18)37-28(35)32-13-11-23-24-15-19(30)5-10-25(24)31-26(23)27(32)17-1-6-21(7-2-17)36-14-12-20(34)16-33;25-15-3-8-18(9-4-15)31-24(30)28-12-11-19-20-13-16(26)5-10-21(20)27-22(19)23(28)14-1-6-17(29)7-2-14;1-4-5-7-6-9-8(2,3)10-7;;;/h3-12,17,24,29,34H,13-16,18H2,1-2H3;1-10,15,20,27,31,33-34H,11-14,16H2;1-10,13,23,27,29H,11-12H2;7H,4-6H2,1-3H3;2*1H4;1H/t24-,29-;20-,27-;23-;7-;;;/m0000.../s1. The van der Waals surface area contributed by atoms with Crippen LogP contribution < -0.4 is 23.7 Å². The van der Waals surface area contributed by atoms with Crippen molar-refractivity contribution in [3.05, 3.63) is 281 Å². The molecule has 27 heteroatoms. The summed E-state index contributed by atoms with van der Waals surface area (Å²) in [5.74, 6) is 1.94. The van der Waals surface area contributed by atoms with Gasteiger partial charge in [-0.2, -0.15) is 0 Å². The molecule has 634 valence electrons. The number of phenolic OH excluding ortho intramolecular Hbond substituents is 1. The number of benzene rings is 9. The Morgan fingerprint density at radius 2 is 0.758 bits per heavy atom. The number of rotatable bonds is 17. The first-order valence-electron chi connectivity index (χ1n) is 39.1. The molecule has 120 heavy (non-hydrogen) atoms. The number of halogens is 6. The number of amides is 3. The van der Waals surface area contributed by atoms with Crippen molar-refractivity contribution in [2.75, 3.05) is 52.7 Å². The van der Waals surface area contributed by atoms with Crippen LogP contribution in [0.3, 0.4) is 0 Å². The molecule has 9 aromatic carbocycles.